The maximum absolute atomic E-state index is 12.1. The third-order valence-corrected chi connectivity index (χ3v) is 13.6. The Morgan fingerprint density at radius 3 is 2.35 bits per heavy atom. The molecule has 0 aromatic rings. The molecule has 3 heteroatoms. The Bertz CT molecular complexity index is 1050. The van der Waals surface area contributed by atoms with Gasteiger partial charge >= 0.3 is 0 Å². The van der Waals surface area contributed by atoms with Crippen LogP contribution in [0.2, 0.25) is 0 Å². The van der Waals surface area contributed by atoms with E-state index in [1.165, 1.54) is 62.5 Å². The van der Waals surface area contributed by atoms with Crippen LogP contribution in [0.15, 0.2) is 34.0 Å². The van der Waals surface area contributed by atoms with Gasteiger partial charge in [-0.1, -0.05) is 77.3 Å². The van der Waals surface area contributed by atoms with E-state index in [0.717, 1.165) is 42.6 Å². The highest BCUT2D eigenvalue weighted by Gasteiger charge is 2.68. The van der Waals surface area contributed by atoms with Crippen LogP contribution >= 0.6 is 11.6 Å². The third kappa shape index (κ3) is 3.45. The summed E-state index contributed by atoms with van der Waals surface area (Å²) in [5.41, 5.74) is 6.64. The SMILES string of the molecule is C=C1CC2(/C(=C(\Cl)C=O)N(C)C)CCC3C(CCC4C3(C)CCC3(C)C(CC)CCC43C)C2=C1C(C)C. The van der Waals surface area contributed by atoms with Gasteiger partial charge in [-0.15, -0.1) is 0 Å². The Morgan fingerprint density at radius 2 is 1.76 bits per heavy atom. The summed E-state index contributed by atoms with van der Waals surface area (Å²) in [7, 11) is 4.14. The van der Waals surface area contributed by atoms with Gasteiger partial charge < -0.3 is 4.90 Å². The number of nitrogens with zero attached hydrogens (tertiary/aromatic N) is 1. The summed E-state index contributed by atoms with van der Waals surface area (Å²) in [5.74, 6) is 3.45. The van der Waals surface area contributed by atoms with Gasteiger partial charge in [-0.2, -0.15) is 0 Å². The maximum Gasteiger partial charge on any atom is 0.163 e. The highest BCUT2D eigenvalue weighted by molar-refractivity contribution is 6.39. The van der Waals surface area contributed by atoms with E-state index in [9.17, 15) is 4.79 Å². The van der Waals surface area contributed by atoms with Crippen molar-refractivity contribution in [1.82, 2.24) is 4.90 Å². The largest absolute Gasteiger partial charge is 0.379 e. The molecule has 5 rings (SSSR count). The molecule has 206 valence electrons. The molecule has 0 N–H and O–H groups in total. The quantitative estimate of drug-likeness (QED) is 0.263. The Balaban J connectivity index is 1.63. The monoisotopic (exact) mass is 525 g/mol. The first-order valence-electron chi connectivity index (χ1n) is 15.3. The van der Waals surface area contributed by atoms with Gasteiger partial charge in [-0.05, 0) is 109 Å². The molecule has 5 aliphatic rings. The molecular formula is C34H52ClNO. The van der Waals surface area contributed by atoms with E-state index in [-0.39, 0.29) is 5.41 Å². The number of hydrogen-bond donors (Lipinski definition) is 0. The highest BCUT2D eigenvalue weighted by atomic mass is 35.5. The van der Waals surface area contributed by atoms with E-state index in [0.29, 0.717) is 33.1 Å². The topological polar surface area (TPSA) is 20.3 Å². The molecule has 0 amide bonds. The molecule has 0 aromatic heterocycles. The molecule has 8 atom stereocenters. The lowest BCUT2D eigenvalue weighted by molar-refractivity contribution is -0.167. The molecule has 2 nitrogen and oxygen atoms in total. The first-order valence-corrected chi connectivity index (χ1v) is 15.7. The van der Waals surface area contributed by atoms with Gasteiger partial charge in [0, 0.05) is 25.2 Å². The minimum absolute atomic E-state index is 0.170. The molecule has 8 unspecified atom stereocenters. The zero-order valence-corrected chi connectivity index (χ0v) is 25.7. The summed E-state index contributed by atoms with van der Waals surface area (Å²) in [4.78, 5) is 14.2. The zero-order valence-electron chi connectivity index (χ0n) is 25.0. The number of fused-ring (bicyclic) bond motifs is 7. The molecule has 0 heterocycles. The van der Waals surface area contributed by atoms with Crippen LogP contribution < -0.4 is 0 Å². The van der Waals surface area contributed by atoms with Crippen molar-refractivity contribution in [2.45, 2.75) is 106 Å². The van der Waals surface area contributed by atoms with E-state index < -0.39 is 0 Å². The van der Waals surface area contributed by atoms with E-state index in [2.05, 4.69) is 67.1 Å². The second-order valence-corrected chi connectivity index (χ2v) is 15.3. The molecule has 4 fully saturated rings. The Hall–Kier alpha value is -1.02. The van der Waals surface area contributed by atoms with Crippen molar-refractivity contribution in [3.63, 3.8) is 0 Å². The van der Waals surface area contributed by atoms with Crippen LogP contribution in [0, 0.1) is 51.2 Å². The van der Waals surface area contributed by atoms with Crippen LogP contribution in [0.5, 0.6) is 0 Å². The van der Waals surface area contributed by atoms with Crippen molar-refractivity contribution in [1.29, 1.82) is 0 Å². The predicted molar refractivity (Wildman–Crippen MR) is 156 cm³/mol. The van der Waals surface area contributed by atoms with Gasteiger partial charge in [0.05, 0.1) is 0 Å². The lowest BCUT2D eigenvalue weighted by Gasteiger charge is -2.67. The number of halogens is 1. The number of carbonyl (C=O) groups excluding carboxylic acids is 1. The van der Waals surface area contributed by atoms with E-state index in [4.69, 9.17) is 11.6 Å². The number of aldehydes is 1. The van der Waals surface area contributed by atoms with Crippen LogP contribution in [-0.2, 0) is 4.79 Å². The minimum Gasteiger partial charge on any atom is -0.379 e. The van der Waals surface area contributed by atoms with Gasteiger partial charge in [-0.3, -0.25) is 4.79 Å². The zero-order chi connectivity index (χ0) is 27.1. The minimum atomic E-state index is -0.170. The normalized spacial score (nSPS) is 45.7. The van der Waals surface area contributed by atoms with Crippen LogP contribution in [0.25, 0.3) is 0 Å². The molecule has 0 spiro atoms. The standard InChI is InChI=1S/C34H52ClNO/c1-10-23-13-15-33(7)27-12-11-24-25(31(27,5)17-18-32(23,33)6)14-16-34(30(36(8)9)26(35)20-37)19-22(4)28(21(2)3)29(24)34/h20-21,23-25,27H,4,10-19H2,1-3,5-9H3/b30-26+. The molecule has 0 bridgehead atoms. The number of carbonyl (C=O) groups is 1. The summed E-state index contributed by atoms with van der Waals surface area (Å²) in [6, 6.07) is 0. The molecule has 0 aromatic carbocycles. The van der Waals surface area contributed by atoms with Crippen LogP contribution in [0.3, 0.4) is 0 Å². The summed E-state index contributed by atoms with van der Waals surface area (Å²) in [6.45, 7) is 19.8. The highest BCUT2D eigenvalue weighted by Crippen LogP contribution is 2.76. The summed E-state index contributed by atoms with van der Waals surface area (Å²) >= 11 is 6.75. The Kier molecular flexibility index (Phi) is 6.70. The van der Waals surface area contributed by atoms with Crippen LogP contribution in [0.1, 0.15) is 106 Å². The van der Waals surface area contributed by atoms with Gasteiger partial charge in [0.1, 0.15) is 5.03 Å². The average molecular weight is 526 g/mol. The second-order valence-electron chi connectivity index (χ2n) is 14.9. The van der Waals surface area contributed by atoms with Crippen molar-refractivity contribution < 1.29 is 4.79 Å². The van der Waals surface area contributed by atoms with Gasteiger partial charge in [-0.25, -0.2) is 0 Å². The Morgan fingerprint density at radius 1 is 1.05 bits per heavy atom. The fraction of sp³-hybridized carbons (Fsp3) is 0.794. The third-order valence-electron chi connectivity index (χ3n) is 13.3. The smallest absolute Gasteiger partial charge is 0.163 e. The summed E-state index contributed by atoms with van der Waals surface area (Å²) in [6.07, 6.45) is 13.7. The number of allylic oxidation sites excluding steroid dienone is 4. The molecule has 0 aliphatic heterocycles. The molecule has 5 aliphatic carbocycles. The van der Waals surface area contributed by atoms with E-state index in [1.54, 1.807) is 5.57 Å². The summed E-state index contributed by atoms with van der Waals surface area (Å²) in [5, 5.41) is 0.385. The van der Waals surface area contributed by atoms with Crippen molar-refractivity contribution >= 4 is 17.9 Å². The van der Waals surface area contributed by atoms with Crippen molar-refractivity contribution in [2.24, 2.45) is 51.2 Å². The lowest BCUT2D eigenvalue weighted by atomic mass is 9.37. The van der Waals surface area contributed by atoms with E-state index in [1.807, 2.05) is 0 Å². The number of hydrogen-bond acceptors (Lipinski definition) is 2. The maximum atomic E-state index is 12.1. The molecule has 0 radical (unpaired) electrons. The Labute approximate surface area is 232 Å². The second kappa shape index (κ2) is 9.00. The van der Waals surface area contributed by atoms with Gasteiger partial charge in [0.15, 0.2) is 6.29 Å². The first kappa shape index (κ1) is 27.5. The summed E-state index contributed by atoms with van der Waals surface area (Å²) < 4.78 is 0. The number of rotatable bonds is 5. The molecule has 0 saturated heterocycles. The predicted octanol–water partition coefficient (Wildman–Crippen LogP) is 9.17. The van der Waals surface area contributed by atoms with Gasteiger partial charge in [0.25, 0.3) is 0 Å². The van der Waals surface area contributed by atoms with E-state index >= 15 is 0 Å². The first-order chi connectivity index (χ1) is 17.3. The molecular weight excluding hydrogens is 474 g/mol. The molecule has 37 heavy (non-hydrogen) atoms. The fourth-order valence-corrected chi connectivity index (χ4v) is 12.2. The van der Waals surface area contributed by atoms with Gasteiger partial charge in [0.2, 0.25) is 0 Å². The van der Waals surface area contributed by atoms with Crippen molar-refractivity contribution in [3.8, 4) is 0 Å². The van der Waals surface area contributed by atoms with Crippen LogP contribution in [-0.4, -0.2) is 25.3 Å². The lowest BCUT2D eigenvalue weighted by Crippen LogP contribution is -2.60. The van der Waals surface area contributed by atoms with Crippen molar-refractivity contribution in [3.05, 3.63) is 34.0 Å². The fourth-order valence-electron chi connectivity index (χ4n) is 11.8. The van der Waals surface area contributed by atoms with Crippen LogP contribution in [0.4, 0.5) is 0 Å². The molecule has 4 saturated carbocycles. The average Bonchev–Trinajstić information content (AvgIpc) is 3.28. The van der Waals surface area contributed by atoms with Crippen molar-refractivity contribution in [2.75, 3.05) is 14.1 Å².